The van der Waals surface area contributed by atoms with Gasteiger partial charge in [0.2, 0.25) is 11.8 Å². The summed E-state index contributed by atoms with van der Waals surface area (Å²) in [6.45, 7) is 9.41. The van der Waals surface area contributed by atoms with E-state index in [2.05, 4.69) is 92.7 Å². The van der Waals surface area contributed by atoms with E-state index in [0.29, 0.717) is 19.8 Å². The fourth-order valence-electron chi connectivity index (χ4n) is 10.4. The minimum atomic E-state index is -0.712. The number of ether oxygens (including phenoxy) is 2. The van der Waals surface area contributed by atoms with E-state index in [1.165, 1.54) is 7.11 Å². The van der Waals surface area contributed by atoms with E-state index in [-0.39, 0.29) is 35.7 Å². The third kappa shape index (κ3) is 8.10. The van der Waals surface area contributed by atoms with Gasteiger partial charge in [0.05, 0.1) is 60.2 Å². The number of nitrogens with two attached hydrogens (primary N) is 1. The topological polar surface area (TPSA) is 176 Å². The van der Waals surface area contributed by atoms with Gasteiger partial charge in [0, 0.05) is 35.2 Å². The van der Waals surface area contributed by atoms with Crippen LogP contribution >= 0.6 is 0 Å². The number of allylic oxidation sites excluding steroid dienone is 3. The molecule has 5 N–H and O–H groups in total. The fourth-order valence-corrected chi connectivity index (χ4v) is 10.4. The predicted molar refractivity (Wildman–Crippen MR) is 259 cm³/mol. The molecule has 346 valence electrons. The molecule has 6 aromatic rings. The van der Waals surface area contributed by atoms with E-state index >= 15 is 0 Å². The molecule has 4 aliphatic rings. The van der Waals surface area contributed by atoms with Crippen LogP contribution in [-0.2, 0) is 25.8 Å². The first-order chi connectivity index (χ1) is 32.5. The molecule has 3 aromatic carbocycles. The van der Waals surface area contributed by atoms with Gasteiger partial charge in [0.1, 0.15) is 23.4 Å². The normalized spacial score (nSPS) is 19.1. The Labute approximate surface area is 390 Å². The van der Waals surface area contributed by atoms with E-state index in [0.717, 1.165) is 123 Å². The summed E-state index contributed by atoms with van der Waals surface area (Å²) in [6, 6.07) is 24.2. The van der Waals surface area contributed by atoms with Crippen LogP contribution < -0.4 is 11.1 Å². The Kier molecular flexibility index (Phi) is 11.8. The van der Waals surface area contributed by atoms with Crippen LogP contribution in [-0.4, -0.2) is 84.5 Å². The van der Waals surface area contributed by atoms with Crippen molar-refractivity contribution in [1.29, 1.82) is 0 Å². The van der Waals surface area contributed by atoms with Crippen molar-refractivity contribution >= 4 is 40.0 Å². The van der Waals surface area contributed by atoms with E-state index in [4.69, 9.17) is 25.2 Å². The van der Waals surface area contributed by atoms with Crippen molar-refractivity contribution in [2.75, 3.05) is 20.2 Å². The van der Waals surface area contributed by atoms with Crippen LogP contribution in [0.1, 0.15) is 101 Å². The summed E-state index contributed by atoms with van der Waals surface area (Å²) in [6.07, 6.45) is 10.2. The van der Waals surface area contributed by atoms with Crippen molar-refractivity contribution in [3.8, 4) is 33.5 Å². The Hall–Kier alpha value is -6.93. The van der Waals surface area contributed by atoms with E-state index in [1.54, 1.807) is 0 Å². The van der Waals surface area contributed by atoms with Gasteiger partial charge in [-0.1, -0.05) is 88.4 Å². The zero-order valence-electron chi connectivity index (χ0n) is 38.8. The summed E-state index contributed by atoms with van der Waals surface area (Å²) in [5.74, 6) is 2.14. The number of rotatable bonds is 11. The summed E-state index contributed by atoms with van der Waals surface area (Å²) in [7, 11) is 1.30. The Balaban J connectivity index is 1.00. The lowest BCUT2D eigenvalue weighted by Crippen LogP contribution is -2.51. The number of alkyl carbamates (subject to hydrolysis) is 1. The number of hydrogen-bond acceptors (Lipinski definition) is 8. The molecule has 3 aromatic heterocycles. The van der Waals surface area contributed by atoms with Crippen molar-refractivity contribution in [1.82, 2.24) is 39.6 Å². The predicted octanol–water partition coefficient (Wildman–Crippen LogP) is 9.36. The number of nitrogens with one attached hydrogen (secondary N) is 3. The molecule has 67 heavy (non-hydrogen) atoms. The largest absolute Gasteiger partial charge is 0.472 e. The summed E-state index contributed by atoms with van der Waals surface area (Å²) in [5, 5.41) is 3.84. The Morgan fingerprint density at radius 2 is 1.40 bits per heavy atom. The quantitative estimate of drug-likeness (QED) is 0.0995. The second kappa shape index (κ2) is 18.0. The molecule has 2 fully saturated rings. The molecule has 0 radical (unpaired) electrons. The molecule has 10 rings (SSSR count). The van der Waals surface area contributed by atoms with Crippen molar-refractivity contribution in [2.24, 2.45) is 17.6 Å². The third-order valence-corrected chi connectivity index (χ3v) is 14.2. The number of H-pyrrole nitrogens is 2. The van der Waals surface area contributed by atoms with Gasteiger partial charge in [0.25, 0.3) is 0 Å². The first kappa shape index (κ1) is 43.9. The monoisotopic (exact) mass is 901 g/mol. The molecule has 14 heteroatoms. The van der Waals surface area contributed by atoms with Crippen LogP contribution in [0.15, 0.2) is 97.0 Å². The van der Waals surface area contributed by atoms with E-state index in [9.17, 15) is 14.4 Å². The minimum Gasteiger partial charge on any atom is -0.472 e. The molecule has 14 nitrogen and oxygen atoms in total. The van der Waals surface area contributed by atoms with Crippen molar-refractivity contribution in [3.05, 3.63) is 120 Å². The lowest BCUT2D eigenvalue weighted by molar-refractivity contribution is -0.136. The molecule has 0 spiro atoms. The number of aromatic amines is 2. The van der Waals surface area contributed by atoms with Gasteiger partial charge in [-0.05, 0) is 90.8 Å². The average molecular weight is 902 g/mol. The van der Waals surface area contributed by atoms with Gasteiger partial charge >= 0.3 is 6.09 Å². The number of likely N-dealkylation sites (tertiary alicyclic amines) is 2. The fraction of sp³-hybridized carbons (Fsp3) is 0.377. The zero-order valence-corrected chi connectivity index (χ0v) is 38.8. The molecule has 4 atom stereocenters. The third-order valence-electron chi connectivity index (χ3n) is 14.2. The second-order valence-electron chi connectivity index (χ2n) is 19.0. The van der Waals surface area contributed by atoms with Crippen LogP contribution in [0.2, 0.25) is 0 Å². The number of fused-ring (bicyclic) bond motifs is 4. The number of nitrogens with zero attached hydrogens (tertiary/aromatic N) is 5. The number of benzene rings is 3. The maximum Gasteiger partial charge on any atom is 0.407 e. The average Bonchev–Trinajstić information content (AvgIpc) is 4.22. The van der Waals surface area contributed by atoms with Crippen molar-refractivity contribution < 1.29 is 23.9 Å². The van der Waals surface area contributed by atoms with Crippen LogP contribution in [0.4, 0.5) is 4.79 Å². The molecule has 2 saturated heterocycles. The molecule has 6 heterocycles. The number of amides is 3. The van der Waals surface area contributed by atoms with Gasteiger partial charge < -0.3 is 44.9 Å². The number of methoxy groups -OCH3 is 1. The molecule has 0 bridgehead atoms. The van der Waals surface area contributed by atoms with Gasteiger partial charge in [-0.25, -0.2) is 14.8 Å². The van der Waals surface area contributed by atoms with E-state index < -0.39 is 18.2 Å². The molecule has 4 unspecified atom stereocenters. The lowest BCUT2D eigenvalue weighted by atomic mass is 9.89. The van der Waals surface area contributed by atoms with Crippen LogP contribution in [0.25, 0.3) is 55.6 Å². The smallest absolute Gasteiger partial charge is 0.407 e. The first-order valence-electron chi connectivity index (χ1n) is 23.7. The highest BCUT2D eigenvalue weighted by molar-refractivity contribution is 6.05. The van der Waals surface area contributed by atoms with Crippen molar-refractivity contribution in [2.45, 2.75) is 97.1 Å². The van der Waals surface area contributed by atoms with Crippen molar-refractivity contribution in [3.63, 3.8) is 0 Å². The Bertz CT molecular complexity index is 2910. The first-order valence-corrected chi connectivity index (χ1v) is 23.7. The number of imidazole rings is 2. The van der Waals surface area contributed by atoms with E-state index in [1.807, 2.05) is 56.0 Å². The standard InChI is InChI=1S/C53H59N9O5/c1-30(2)46(54)51(63)60-23-9-13-42(60)49-56-28-40(58-49)36-19-21-37-44(26-36)67-29-62-41-22-20-35(25-38(41)45(48(37)62)34-17-15-33(16-18-34)32-11-7-6-8-12-32)39-27-55-50(57-39)43-14-10-24-61(43)52(64)47(31(3)4)59-53(65)66-5/h6-8,11-12,15-18,20,22,25-28,30-31,42-43,46-47H,9-10,13-14,19,21,23-24,29,54H2,1-5H3,(H,55,57)(H,56,58)(H,59,65). The number of aromatic nitrogens is 5. The second-order valence-corrected chi connectivity index (χ2v) is 19.0. The van der Waals surface area contributed by atoms with Gasteiger partial charge in [-0.2, -0.15) is 0 Å². The summed E-state index contributed by atoms with van der Waals surface area (Å²) in [4.78, 5) is 60.0. The molecule has 0 saturated carbocycles. The summed E-state index contributed by atoms with van der Waals surface area (Å²) >= 11 is 0. The highest BCUT2D eigenvalue weighted by Crippen LogP contribution is 2.48. The van der Waals surface area contributed by atoms with Crippen LogP contribution in [0.3, 0.4) is 0 Å². The van der Waals surface area contributed by atoms with Crippen LogP contribution in [0, 0.1) is 11.8 Å². The Morgan fingerprint density at radius 3 is 2.07 bits per heavy atom. The molecule has 3 aliphatic heterocycles. The highest BCUT2D eigenvalue weighted by atomic mass is 16.5. The maximum atomic E-state index is 13.9. The SMILES string of the molecule is COC(=O)NC(C(=O)N1CCCC1c1ncc(-c2ccc3c(c2)c(-c2ccc(-c4ccccc4)cc2)c2n3COC3=C2CCC(c2cnc(C4CCCN4C(=O)C(N)C(C)C)[nH]2)=C3)[nH]1)C(C)C. The number of carbonyl (C=O) groups is 3. The lowest BCUT2D eigenvalue weighted by Gasteiger charge is -2.30. The Morgan fingerprint density at radius 1 is 0.776 bits per heavy atom. The van der Waals surface area contributed by atoms with Gasteiger partial charge in [0.15, 0.2) is 6.73 Å². The summed E-state index contributed by atoms with van der Waals surface area (Å²) in [5.41, 5.74) is 18.1. The maximum absolute atomic E-state index is 13.9. The number of carbonyl (C=O) groups excluding carboxylic acids is 3. The summed E-state index contributed by atoms with van der Waals surface area (Å²) < 4.78 is 13.8. The highest BCUT2D eigenvalue weighted by Gasteiger charge is 2.39. The minimum absolute atomic E-state index is 0.0172. The van der Waals surface area contributed by atoms with Gasteiger partial charge in [-0.15, -0.1) is 0 Å². The molecular formula is C53H59N9O5. The number of hydrogen-bond donors (Lipinski definition) is 4. The van der Waals surface area contributed by atoms with Gasteiger partial charge in [-0.3, -0.25) is 9.59 Å². The molecular weight excluding hydrogens is 843 g/mol. The molecule has 1 aliphatic carbocycles. The van der Waals surface area contributed by atoms with Crippen LogP contribution in [0.5, 0.6) is 0 Å². The molecule has 3 amide bonds. The zero-order chi connectivity index (χ0) is 46.5.